The Morgan fingerprint density at radius 2 is 1.96 bits per heavy atom. The minimum absolute atomic E-state index is 0.257. The number of halogens is 1. The highest BCUT2D eigenvalue weighted by Gasteiger charge is 2.25. The first-order valence-corrected chi connectivity index (χ1v) is 9.27. The zero-order chi connectivity index (χ0) is 19.3. The fraction of sp³-hybridized carbons (Fsp3) is 0.250. The van der Waals surface area contributed by atoms with Crippen LogP contribution in [-0.2, 0) is 0 Å². The number of H-pyrrole nitrogens is 2. The van der Waals surface area contributed by atoms with Gasteiger partial charge in [-0.3, -0.25) is 9.67 Å². The summed E-state index contributed by atoms with van der Waals surface area (Å²) in [7, 11) is 0. The number of nitrogens with zero attached hydrogens (tertiary/aromatic N) is 3. The third-order valence-electron chi connectivity index (χ3n) is 5.17. The molecular weight excluding hydrogens is 359 g/mol. The van der Waals surface area contributed by atoms with E-state index in [1.807, 2.05) is 19.1 Å². The minimum atomic E-state index is -0.309. The summed E-state index contributed by atoms with van der Waals surface area (Å²) >= 11 is 0. The number of anilines is 2. The smallest absolute Gasteiger partial charge is 0.323 e. The SMILES string of the molecule is C[C@@H](c1ccc(F)cc1)n1c(=O)[nH]c2ccc(Nc3cc(C4CC4)[nH]n3)nc21. The Morgan fingerprint density at radius 1 is 1.18 bits per heavy atom. The van der Waals surface area contributed by atoms with Crippen molar-refractivity contribution < 1.29 is 4.39 Å². The summed E-state index contributed by atoms with van der Waals surface area (Å²) in [5.74, 6) is 1.58. The van der Waals surface area contributed by atoms with Gasteiger partial charge < -0.3 is 10.3 Å². The Labute approximate surface area is 159 Å². The van der Waals surface area contributed by atoms with E-state index >= 15 is 0 Å². The van der Waals surface area contributed by atoms with E-state index in [0.717, 1.165) is 11.3 Å². The lowest BCUT2D eigenvalue weighted by Gasteiger charge is -2.14. The largest absolute Gasteiger partial charge is 0.328 e. The number of benzene rings is 1. The lowest BCUT2D eigenvalue weighted by Crippen LogP contribution is -2.21. The Hall–Kier alpha value is -3.42. The van der Waals surface area contributed by atoms with E-state index in [2.05, 4.69) is 25.5 Å². The van der Waals surface area contributed by atoms with Crippen molar-refractivity contribution in [2.75, 3.05) is 5.32 Å². The van der Waals surface area contributed by atoms with Crippen LogP contribution in [0.25, 0.3) is 11.2 Å². The van der Waals surface area contributed by atoms with Gasteiger partial charge >= 0.3 is 5.69 Å². The molecule has 1 aliphatic rings. The number of aromatic amines is 2. The van der Waals surface area contributed by atoms with Gasteiger partial charge in [-0.1, -0.05) is 12.1 Å². The van der Waals surface area contributed by atoms with Crippen molar-refractivity contribution in [2.45, 2.75) is 31.7 Å². The number of pyridine rings is 1. The van der Waals surface area contributed by atoms with Crippen LogP contribution in [0.3, 0.4) is 0 Å². The number of hydrogen-bond donors (Lipinski definition) is 3. The second-order valence-corrected chi connectivity index (χ2v) is 7.20. The standard InChI is InChI=1S/C20H19FN6O/c1-11(12-4-6-14(21)7-5-12)27-19-15(22-20(27)28)8-9-17(24-19)23-18-10-16(25-26-18)13-2-3-13/h4-11,13H,2-3H2,1H3,(H,22,28)(H2,23,24,25,26)/t11-/m0/s1. The summed E-state index contributed by atoms with van der Waals surface area (Å²) in [6.07, 6.45) is 2.39. The van der Waals surface area contributed by atoms with Gasteiger partial charge in [-0.2, -0.15) is 5.10 Å². The number of rotatable bonds is 5. The average molecular weight is 378 g/mol. The molecule has 4 aromatic rings. The minimum Gasteiger partial charge on any atom is -0.323 e. The van der Waals surface area contributed by atoms with E-state index in [4.69, 9.17) is 0 Å². The predicted molar refractivity (Wildman–Crippen MR) is 104 cm³/mol. The number of hydrogen-bond acceptors (Lipinski definition) is 4. The molecule has 28 heavy (non-hydrogen) atoms. The number of fused-ring (bicyclic) bond motifs is 1. The molecule has 0 saturated heterocycles. The molecule has 0 amide bonds. The summed E-state index contributed by atoms with van der Waals surface area (Å²) in [5, 5.41) is 10.5. The average Bonchev–Trinajstić information content (AvgIpc) is 3.34. The molecule has 3 N–H and O–H groups in total. The van der Waals surface area contributed by atoms with Crippen LogP contribution < -0.4 is 11.0 Å². The van der Waals surface area contributed by atoms with Gasteiger partial charge in [0.05, 0.1) is 11.6 Å². The number of aromatic nitrogens is 5. The second kappa shape index (κ2) is 6.33. The van der Waals surface area contributed by atoms with Crippen LogP contribution in [0.1, 0.15) is 43.0 Å². The molecule has 142 valence electrons. The molecule has 3 heterocycles. The van der Waals surface area contributed by atoms with Crippen LogP contribution >= 0.6 is 0 Å². The highest BCUT2D eigenvalue weighted by molar-refractivity contribution is 5.74. The molecule has 0 aliphatic heterocycles. The summed E-state index contributed by atoms with van der Waals surface area (Å²) in [5.41, 5.74) is 2.88. The fourth-order valence-electron chi connectivity index (χ4n) is 3.46. The first kappa shape index (κ1) is 16.7. The Bertz CT molecular complexity index is 1200. The highest BCUT2D eigenvalue weighted by atomic mass is 19.1. The van der Waals surface area contributed by atoms with E-state index in [1.165, 1.54) is 25.0 Å². The lowest BCUT2D eigenvalue weighted by atomic mass is 10.1. The van der Waals surface area contributed by atoms with E-state index < -0.39 is 0 Å². The van der Waals surface area contributed by atoms with Crippen molar-refractivity contribution in [3.05, 3.63) is 70.0 Å². The van der Waals surface area contributed by atoms with Crippen molar-refractivity contribution in [2.24, 2.45) is 0 Å². The van der Waals surface area contributed by atoms with Gasteiger partial charge in [-0.05, 0) is 49.6 Å². The van der Waals surface area contributed by atoms with Crippen LogP contribution in [0.2, 0.25) is 0 Å². The molecule has 8 heteroatoms. The molecular formula is C20H19FN6O. The van der Waals surface area contributed by atoms with Gasteiger partial charge in [0.2, 0.25) is 0 Å². The molecule has 0 unspecified atom stereocenters. The molecule has 0 bridgehead atoms. The highest BCUT2D eigenvalue weighted by Crippen LogP contribution is 2.39. The monoisotopic (exact) mass is 378 g/mol. The van der Waals surface area contributed by atoms with Crippen LogP contribution in [0.15, 0.2) is 47.3 Å². The fourth-order valence-corrected chi connectivity index (χ4v) is 3.46. The summed E-state index contributed by atoms with van der Waals surface area (Å²) < 4.78 is 14.8. The van der Waals surface area contributed by atoms with E-state index in [-0.39, 0.29) is 17.5 Å². The zero-order valence-corrected chi connectivity index (χ0v) is 15.2. The third-order valence-corrected chi connectivity index (χ3v) is 5.17. The second-order valence-electron chi connectivity index (χ2n) is 7.20. The quantitative estimate of drug-likeness (QED) is 0.492. The molecule has 1 saturated carbocycles. The molecule has 3 aromatic heterocycles. The molecule has 1 fully saturated rings. The van der Waals surface area contributed by atoms with Crippen molar-refractivity contribution in [3.63, 3.8) is 0 Å². The maximum atomic E-state index is 13.2. The molecule has 7 nitrogen and oxygen atoms in total. The predicted octanol–water partition coefficient (Wildman–Crippen LogP) is 3.82. The van der Waals surface area contributed by atoms with Gasteiger partial charge in [0, 0.05) is 17.7 Å². The van der Waals surface area contributed by atoms with Crippen molar-refractivity contribution in [1.82, 2.24) is 24.7 Å². The van der Waals surface area contributed by atoms with E-state index in [1.54, 1.807) is 22.8 Å². The molecule has 1 aromatic carbocycles. The summed E-state index contributed by atoms with van der Waals surface area (Å²) in [6.45, 7) is 1.89. The summed E-state index contributed by atoms with van der Waals surface area (Å²) in [6, 6.07) is 11.5. The Balaban J connectivity index is 1.50. The van der Waals surface area contributed by atoms with E-state index in [0.29, 0.717) is 28.7 Å². The number of imidazole rings is 1. The first-order valence-electron chi connectivity index (χ1n) is 9.27. The van der Waals surface area contributed by atoms with Crippen molar-refractivity contribution in [1.29, 1.82) is 0 Å². The van der Waals surface area contributed by atoms with Gasteiger partial charge in [0.1, 0.15) is 11.6 Å². The zero-order valence-electron chi connectivity index (χ0n) is 15.2. The Kier molecular flexibility index (Phi) is 3.78. The molecule has 0 radical (unpaired) electrons. The molecule has 5 rings (SSSR count). The molecule has 1 atom stereocenters. The van der Waals surface area contributed by atoms with Crippen LogP contribution in [0.5, 0.6) is 0 Å². The normalized spacial score (nSPS) is 15.1. The van der Waals surface area contributed by atoms with Gasteiger partial charge in [-0.15, -0.1) is 0 Å². The first-order chi connectivity index (χ1) is 13.6. The van der Waals surface area contributed by atoms with E-state index in [9.17, 15) is 9.18 Å². The topological polar surface area (TPSA) is 91.4 Å². The van der Waals surface area contributed by atoms with Gasteiger partial charge in [0.25, 0.3) is 0 Å². The van der Waals surface area contributed by atoms with Crippen LogP contribution in [-0.4, -0.2) is 24.7 Å². The Morgan fingerprint density at radius 3 is 2.71 bits per heavy atom. The van der Waals surface area contributed by atoms with Gasteiger partial charge in [-0.25, -0.2) is 14.2 Å². The third kappa shape index (κ3) is 2.96. The van der Waals surface area contributed by atoms with Gasteiger partial charge in [0.15, 0.2) is 11.5 Å². The molecule has 0 spiro atoms. The lowest BCUT2D eigenvalue weighted by molar-refractivity contribution is 0.612. The van der Waals surface area contributed by atoms with Crippen molar-refractivity contribution >= 4 is 22.8 Å². The van der Waals surface area contributed by atoms with Crippen LogP contribution in [0, 0.1) is 5.82 Å². The van der Waals surface area contributed by atoms with Crippen LogP contribution in [0.4, 0.5) is 16.0 Å². The number of nitrogens with one attached hydrogen (secondary N) is 3. The maximum absolute atomic E-state index is 13.2. The molecule has 1 aliphatic carbocycles. The van der Waals surface area contributed by atoms with Crippen molar-refractivity contribution in [3.8, 4) is 0 Å². The summed E-state index contributed by atoms with van der Waals surface area (Å²) in [4.78, 5) is 20.0. The maximum Gasteiger partial charge on any atom is 0.328 e.